The van der Waals surface area contributed by atoms with Crippen LogP contribution >= 0.6 is 11.6 Å². The smallest absolute Gasteiger partial charge is 0.255 e. The number of fused-ring (bicyclic) bond motifs is 1. The van der Waals surface area contributed by atoms with Crippen molar-refractivity contribution >= 4 is 34.3 Å². The van der Waals surface area contributed by atoms with E-state index in [1.807, 2.05) is 19.9 Å². The Labute approximate surface area is 178 Å². The third-order valence-corrected chi connectivity index (χ3v) is 5.12. The van der Waals surface area contributed by atoms with E-state index in [4.69, 9.17) is 16.0 Å². The molecule has 0 spiro atoms. The Morgan fingerprint density at radius 2 is 1.87 bits per heavy atom. The second-order valence-electron chi connectivity index (χ2n) is 7.21. The number of nitrogens with zero attached hydrogens (tertiary/aromatic N) is 2. The maximum absolute atomic E-state index is 12.5. The molecule has 4 aromatic rings. The second-order valence-corrected chi connectivity index (χ2v) is 7.62. The average molecular weight is 416 g/mol. The fourth-order valence-corrected chi connectivity index (χ4v) is 3.38. The van der Waals surface area contributed by atoms with Gasteiger partial charge in [-0.15, -0.1) is 0 Å². The van der Waals surface area contributed by atoms with E-state index >= 15 is 0 Å². The highest BCUT2D eigenvalue weighted by Gasteiger charge is 2.16. The molecule has 6 heteroatoms. The number of benzene rings is 3. The molecule has 5 nitrogen and oxygen atoms in total. The first-order valence-corrected chi connectivity index (χ1v) is 9.85. The Morgan fingerprint density at radius 1 is 1.13 bits per heavy atom. The Bertz CT molecular complexity index is 1280. The summed E-state index contributed by atoms with van der Waals surface area (Å²) in [5.74, 6) is 0.380. The minimum absolute atomic E-state index is 0.192. The third-order valence-electron chi connectivity index (χ3n) is 4.79. The number of anilines is 1. The van der Waals surface area contributed by atoms with Gasteiger partial charge in [-0.1, -0.05) is 37.6 Å². The zero-order valence-corrected chi connectivity index (χ0v) is 17.2. The van der Waals surface area contributed by atoms with Gasteiger partial charge in [0.05, 0.1) is 22.3 Å². The van der Waals surface area contributed by atoms with Crippen LogP contribution in [0.15, 0.2) is 65.1 Å². The quantitative estimate of drug-likeness (QED) is 0.418. The fraction of sp³-hybridized carbons (Fsp3) is 0.125. The lowest BCUT2D eigenvalue weighted by Crippen LogP contribution is -2.11. The van der Waals surface area contributed by atoms with Gasteiger partial charge in [-0.25, -0.2) is 4.98 Å². The maximum atomic E-state index is 12.5. The molecule has 30 heavy (non-hydrogen) atoms. The van der Waals surface area contributed by atoms with Gasteiger partial charge in [-0.3, -0.25) is 4.79 Å². The van der Waals surface area contributed by atoms with Gasteiger partial charge in [-0.05, 0) is 54.4 Å². The van der Waals surface area contributed by atoms with Crippen molar-refractivity contribution in [3.05, 3.63) is 82.4 Å². The van der Waals surface area contributed by atoms with Gasteiger partial charge in [0, 0.05) is 16.7 Å². The molecular formula is C24H18ClN3O2. The Balaban J connectivity index is 1.63. The number of halogens is 1. The monoisotopic (exact) mass is 415 g/mol. The van der Waals surface area contributed by atoms with Gasteiger partial charge >= 0.3 is 0 Å². The van der Waals surface area contributed by atoms with Crippen LogP contribution in [0.5, 0.6) is 0 Å². The third kappa shape index (κ3) is 3.78. The van der Waals surface area contributed by atoms with Crippen molar-refractivity contribution in [3.63, 3.8) is 0 Å². The minimum Gasteiger partial charge on any atom is -0.436 e. The summed E-state index contributed by atoms with van der Waals surface area (Å²) < 4.78 is 6.02. The number of hydrogen-bond acceptors (Lipinski definition) is 4. The predicted octanol–water partition coefficient (Wildman–Crippen LogP) is 6.40. The van der Waals surface area contributed by atoms with E-state index in [0.29, 0.717) is 38.8 Å². The normalized spacial score (nSPS) is 10.9. The van der Waals surface area contributed by atoms with Crippen LogP contribution < -0.4 is 5.32 Å². The van der Waals surface area contributed by atoms with Crippen LogP contribution in [-0.2, 0) is 0 Å². The number of oxazole rings is 1. The zero-order valence-electron chi connectivity index (χ0n) is 16.4. The second kappa shape index (κ2) is 8.02. The first-order chi connectivity index (χ1) is 14.5. The number of para-hydroxylation sites is 1. The van der Waals surface area contributed by atoms with Crippen LogP contribution in [-0.4, -0.2) is 10.9 Å². The molecule has 0 unspecified atom stereocenters. The van der Waals surface area contributed by atoms with E-state index < -0.39 is 0 Å². The molecule has 0 aliphatic heterocycles. The minimum atomic E-state index is -0.257. The van der Waals surface area contributed by atoms with E-state index in [1.54, 1.807) is 54.6 Å². The molecule has 0 bridgehead atoms. The number of rotatable bonds is 4. The molecular weight excluding hydrogens is 398 g/mol. The standard InChI is InChI=1S/C24H18ClN3O2/c1-14(2)18-11-15(13-26)12-21-22(18)30-24(28-21)17-9-7-16(8-10-17)23(29)27-20-6-4-3-5-19(20)25/h3-12,14H,1-2H3,(H,27,29). The van der Waals surface area contributed by atoms with Crippen molar-refractivity contribution in [2.24, 2.45) is 0 Å². The van der Waals surface area contributed by atoms with Crippen molar-refractivity contribution in [3.8, 4) is 17.5 Å². The maximum Gasteiger partial charge on any atom is 0.255 e. The average Bonchev–Trinajstić information content (AvgIpc) is 3.18. The Morgan fingerprint density at radius 3 is 2.53 bits per heavy atom. The van der Waals surface area contributed by atoms with Gasteiger partial charge in [0.1, 0.15) is 5.52 Å². The molecule has 3 aromatic carbocycles. The van der Waals surface area contributed by atoms with Crippen molar-refractivity contribution < 1.29 is 9.21 Å². The molecule has 0 fully saturated rings. The summed E-state index contributed by atoms with van der Waals surface area (Å²) in [5, 5.41) is 12.6. The number of aromatic nitrogens is 1. The SMILES string of the molecule is CC(C)c1cc(C#N)cc2nc(-c3ccc(C(=O)Nc4ccccc4Cl)cc3)oc12. The van der Waals surface area contributed by atoms with Crippen LogP contribution in [0.4, 0.5) is 5.69 Å². The number of amides is 1. The molecule has 0 saturated carbocycles. The van der Waals surface area contributed by atoms with Gasteiger partial charge in [0.25, 0.3) is 5.91 Å². The van der Waals surface area contributed by atoms with Gasteiger partial charge in [-0.2, -0.15) is 5.26 Å². The molecule has 0 aliphatic rings. The van der Waals surface area contributed by atoms with Crippen molar-refractivity contribution in [1.29, 1.82) is 5.26 Å². The summed E-state index contributed by atoms with van der Waals surface area (Å²) >= 11 is 6.10. The van der Waals surface area contributed by atoms with Gasteiger partial charge in [0.15, 0.2) is 5.58 Å². The van der Waals surface area contributed by atoms with E-state index in [1.165, 1.54) is 0 Å². The largest absolute Gasteiger partial charge is 0.436 e. The van der Waals surface area contributed by atoms with E-state index in [2.05, 4.69) is 16.4 Å². The summed E-state index contributed by atoms with van der Waals surface area (Å²) in [5.41, 5.74) is 4.61. The number of nitriles is 1. The van der Waals surface area contributed by atoms with Crippen LogP contribution in [0.1, 0.15) is 41.3 Å². The topological polar surface area (TPSA) is 78.9 Å². The summed E-state index contributed by atoms with van der Waals surface area (Å²) in [4.78, 5) is 17.1. The first kappa shape index (κ1) is 19.7. The summed E-state index contributed by atoms with van der Waals surface area (Å²) in [6.45, 7) is 4.09. The van der Waals surface area contributed by atoms with Crippen molar-refractivity contribution in [1.82, 2.24) is 4.98 Å². The number of carbonyl (C=O) groups excluding carboxylic acids is 1. The molecule has 1 aromatic heterocycles. The van der Waals surface area contributed by atoms with E-state index in [0.717, 1.165) is 11.1 Å². The van der Waals surface area contributed by atoms with Crippen LogP contribution in [0.2, 0.25) is 5.02 Å². The molecule has 148 valence electrons. The lowest BCUT2D eigenvalue weighted by atomic mass is 10.00. The molecule has 0 radical (unpaired) electrons. The lowest BCUT2D eigenvalue weighted by Gasteiger charge is -2.07. The van der Waals surface area contributed by atoms with Crippen LogP contribution in [0.3, 0.4) is 0 Å². The fourth-order valence-electron chi connectivity index (χ4n) is 3.20. The van der Waals surface area contributed by atoms with Crippen LogP contribution in [0.25, 0.3) is 22.6 Å². The summed E-state index contributed by atoms with van der Waals surface area (Å²) in [6, 6.07) is 19.8. The highest BCUT2D eigenvalue weighted by atomic mass is 35.5. The Kier molecular flexibility index (Phi) is 5.26. The van der Waals surface area contributed by atoms with Crippen molar-refractivity contribution in [2.45, 2.75) is 19.8 Å². The van der Waals surface area contributed by atoms with E-state index in [9.17, 15) is 10.1 Å². The van der Waals surface area contributed by atoms with Crippen molar-refractivity contribution in [2.75, 3.05) is 5.32 Å². The molecule has 1 amide bonds. The molecule has 0 saturated heterocycles. The number of carbonyl (C=O) groups is 1. The Hall–Kier alpha value is -3.62. The molecule has 4 rings (SSSR count). The predicted molar refractivity (Wildman–Crippen MR) is 118 cm³/mol. The highest BCUT2D eigenvalue weighted by Crippen LogP contribution is 2.31. The van der Waals surface area contributed by atoms with Gasteiger partial charge < -0.3 is 9.73 Å². The van der Waals surface area contributed by atoms with Gasteiger partial charge in [0.2, 0.25) is 5.89 Å². The molecule has 1 heterocycles. The molecule has 1 N–H and O–H groups in total. The van der Waals surface area contributed by atoms with Crippen LogP contribution in [0, 0.1) is 11.3 Å². The number of hydrogen-bond donors (Lipinski definition) is 1. The lowest BCUT2D eigenvalue weighted by molar-refractivity contribution is 0.102. The van der Waals surface area contributed by atoms with E-state index in [-0.39, 0.29) is 11.8 Å². The first-order valence-electron chi connectivity index (χ1n) is 9.47. The number of nitrogens with one attached hydrogen (secondary N) is 1. The summed E-state index contributed by atoms with van der Waals surface area (Å²) in [6.07, 6.45) is 0. The highest BCUT2D eigenvalue weighted by molar-refractivity contribution is 6.33. The summed E-state index contributed by atoms with van der Waals surface area (Å²) in [7, 11) is 0. The molecule has 0 aliphatic carbocycles. The zero-order chi connectivity index (χ0) is 21.3. The molecule has 0 atom stereocenters.